The first kappa shape index (κ1) is 15.8. The van der Waals surface area contributed by atoms with Gasteiger partial charge in [0.1, 0.15) is 5.82 Å². The molecule has 0 radical (unpaired) electrons. The summed E-state index contributed by atoms with van der Waals surface area (Å²) in [6.07, 6.45) is 2.08. The maximum atomic E-state index is 13.4. The van der Waals surface area contributed by atoms with Crippen molar-refractivity contribution in [2.75, 3.05) is 11.9 Å². The van der Waals surface area contributed by atoms with Crippen LogP contribution in [0.5, 0.6) is 0 Å². The molecule has 0 spiro atoms. The molecule has 5 heteroatoms. The van der Waals surface area contributed by atoms with Crippen molar-refractivity contribution in [2.24, 2.45) is 0 Å². The number of hydrogen-bond acceptors (Lipinski definition) is 1. The summed E-state index contributed by atoms with van der Waals surface area (Å²) in [4.78, 5) is 2.17. The molecule has 3 aromatic rings. The highest BCUT2D eigenvalue weighted by Gasteiger charge is 2.30. The van der Waals surface area contributed by atoms with E-state index in [0.29, 0.717) is 5.11 Å². The minimum absolute atomic E-state index is 0.0342. The lowest BCUT2D eigenvalue weighted by atomic mass is 10.0. The molecule has 0 bridgehead atoms. The topological polar surface area (TPSA) is 20.2 Å². The van der Waals surface area contributed by atoms with Crippen LogP contribution in [0, 0.1) is 5.82 Å². The van der Waals surface area contributed by atoms with Gasteiger partial charge < -0.3 is 14.8 Å². The quantitative estimate of drug-likeness (QED) is 0.690. The van der Waals surface area contributed by atoms with Gasteiger partial charge in [0, 0.05) is 30.7 Å². The zero-order valence-corrected chi connectivity index (χ0v) is 14.4. The van der Waals surface area contributed by atoms with E-state index >= 15 is 0 Å². The second-order valence-corrected chi connectivity index (χ2v) is 6.46. The average Bonchev–Trinajstić information content (AvgIpc) is 3.11. The van der Waals surface area contributed by atoms with Crippen molar-refractivity contribution in [1.82, 2.24) is 9.47 Å². The maximum Gasteiger partial charge on any atom is 0.174 e. The predicted octanol–water partition coefficient (Wildman–Crippen LogP) is 4.43. The van der Waals surface area contributed by atoms with E-state index in [-0.39, 0.29) is 11.9 Å². The van der Waals surface area contributed by atoms with E-state index < -0.39 is 0 Å². The minimum Gasteiger partial charge on any atom is -0.348 e. The Morgan fingerprint density at radius 2 is 1.72 bits per heavy atom. The Bertz CT molecular complexity index is 873. The van der Waals surface area contributed by atoms with Gasteiger partial charge in [-0.1, -0.05) is 30.3 Å². The van der Waals surface area contributed by atoms with E-state index in [4.69, 9.17) is 12.2 Å². The standard InChI is InChI=1S/C20H18FN3S/c21-16-10-8-15(9-11-16)19-18-7-4-12-23(18)13-14-24(19)20(25)22-17-5-2-1-3-6-17/h1-12,19H,13-14H2,(H,22,25). The molecular formula is C20H18FN3S. The fraction of sp³-hybridized carbons (Fsp3) is 0.150. The fourth-order valence-electron chi connectivity index (χ4n) is 3.31. The Hall–Kier alpha value is -2.66. The van der Waals surface area contributed by atoms with Crippen LogP contribution in [0.3, 0.4) is 0 Å². The van der Waals surface area contributed by atoms with Gasteiger partial charge in [0.25, 0.3) is 0 Å². The molecule has 1 unspecified atom stereocenters. The third-order valence-electron chi connectivity index (χ3n) is 4.51. The summed E-state index contributed by atoms with van der Waals surface area (Å²) in [6.45, 7) is 1.67. The van der Waals surface area contributed by atoms with E-state index in [0.717, 1.165) is 30.0 Å². The Kier molecular flexibility index (Phi) is 4.24. The van der Waals surface area contributed by atoms with Crippen molar-refractivity contribution >= 4 is 23.0 Å². The van der Waals surface area contributed by atoms with Gasteiger partial charge in [-0.2, -0.15) is 0 Å². The number of rotatable bonds is 2. The van der Waals surface area contributed by atoms with Gasteiger partial charge in [-0.25, -0.2) is 4.39 Å². The molecule has 2 aromatic carbocycles. The van der Waals surface area contributed by atoms with Crippen molar-refractivity contribution in [2.45, 2.75) is 12.6 Å². The van der Waals surface area contributed by atoms with Crippen molar-refractivity contribution < 1.29 is 4.39 Å². The molecule has 4 rings (SSSR count). The molecule has 1 aromatic heterocycles. The highest BCUT2D eigenvalue weighted by atomic mass is 32.1. The molecule has 0 aliphatic carbocycles. The molecule has 1 aliphatic heterocycles. The van der Waals surface area contributed by atoms with Gasteiger partial charge in [-0.15, -0.1) is 0 Å². The van der Waals surface area contributed by atoms with Gasteiger partial charge in [0.15, 0.2) is 5.11 Å². The van der Waals surface area contributed by atoms with Crippen LogP contribution >= 0.6 is 12.2 Å². The van der Waals surface area contributed by atoms with E-state index in [1.54, 1.807) is 0 Å². The number of nitrogens with one attached hydrogen (secondary N) is 1. The number of anilines is 1. The van der Waals surface area contributed by atoms with E-state index in [2.05, 4.69) is 27.0 Å². The first-order valence-electron chi connectivity index (χ1n) is 8.25. The SMILES string of the molecule is Fc1ccc(C2c3cccn3CCN2C(=S)Nc2ccccc2)cc1. The number of para-hydroxylation sites is 1. The zero-order chi connectivity index (χ0) is 17.2. The van der Waals surface area contributed by atoms with Crippen LogP contribution in [0.2, 0.25) is 0 Å². The Morgan fingerprint density at radius 1 is 0.960 bits per heavy atom. The number of hydrogen-bond donors (Lipinski definition) is 1. The van der Waals surface area contributed by atoms with Crippen molar-refractivity contribution in [3.05, 3.63) is 90.0 Å². The van der Waals surface area contributed by atoms with Crippen LogP contribution in [-0.4, -0.2) is 21.1 Å². The fourth-order valence-corrected chi connectivity index (χ4v) is 3.63. The summed E-state index contributed by atoms with van der Waals surface area (Å²) in [5, 5.41) is 3.99. The molecule has 126 valence electrons. The monoisotopic (exact) mass is 351 g/mol. The first-order valence-corrected chi connectivity index (χ1v) is 8.66. The van der Waals surface area contributed by atoms with Crippen LogP contribution in [-0.2, 0) is 6.54 Å². The zero-order valence-electron chi connectivity index (χ0n) is 13.6. The van der Waals surface area contributed by atoms with Gasteiger partial charge in [-0.3, -0.25) is 0 Å². The van der Waals surface area contributed by atoms with E-state index in [9.17, 15) is 4.39 Å². The first-order chi connectivity index (χ1) is 12.2. The third kappa shape index (κ3) is 3.15. The van der Waals surface area contributed by atoms with Crippen LogP contribution < -0.4 is 5.32 Å². The molecule has 0 fully saturated rings. The molecule has 25 heavy (non-hydrogen) atoms. The van der Waals surface area contributed by atoms with Crippen LogP contribution in [0.4, 0.5) is 10.1 Å². The molecule has 1 N–H and O–H groups in total. The van der Waals surface area contributed by atoms with Gasteiger partial charge in [-0.05, 0) is 54.2 Å². The smallest absolute Gasteiger partial charge is 0.174 e. The summed E-state index contributed by atoms with van der Waals surface area (Å²) in [5.41, 5.74) is 3.15. The molecule has 0 amide bonds. The highest BCUT2D eigenvalue weighted by molar-refractivity contribution is 7.80. The summed E-state index contributed by atoms with van der Waals surface area (Å²) in [7, 11) is 0. The van der Waals surface area contributed by atoms with E-state index in [1.807, 2.05) is 48.5 Å². The van der Waals surface area contributed by atoms with Crippen LogP contribution in [0.1, 0.15) is 17.3 Å². The molecule has 2 heterocycles. The van der Waals surface area contributed by atoms with Crippen LogP contribution in [0.15, 0.2) is 72.9 Å². The number of nitrogens with zero attached hydrogens (tertiary/aromatic N) is 2. The summed E-state index contributed by atoms with van der Waals surface area (Å²) < 4.78 is 15.6. The van der Waals surface area contributed by atoms with Gasteiger partial charge in [0.2, 0.25) is 0 Å². The van der Waals surface area contributed by atoms with Gasteiger partial charge >= 0.3 is 0 Å². The number of aromatic nitrogens is 1. The highest BCUT2D eigenvalue weighted by Crippen LogP contribution is 2.33. The second kappa shape index (κ2) is 6.69. The number of thiocarbonyl (C=S) groups is 1. The predicted molar refractivity (Wildman–Crippen MR) is 102 cm³/mol. The molecule has 0 saturated heterocycles. The van der Waals surface area contributed by atoms with Gasteiger partial charge in [0.05, 0.1) is 6.04 Å². The van der Waals surface area contributed by atoms with Crippen molar-refractivity contribution in [1.29, 1.82) is 0 Å². The summed E-state index contributed by atoms with van der Waals surface area (Å²) >= 11 is 5.69. The number of benzene rings is 2. The van der Waals surface area contributed by atoms with E-state index in [1.165, 1.54) is 12.1 Å². The normalized spacial score (nSPS) is 16.4. The lowest BCUT2D eigenvalue weighted by Crippen LogP contribution is -2.44. The maximum absolute atomic E-state index is 13.4. The second-order valence-electron chi connectivity index (χ2n) is 6.07. The Morgan fingerprint density at radius 3 is 2.48 bits per heavy atom. The molecule has 3 nitrogen and oxygen atoms in total. The number of fused-ring (bicyclic) bond motifs is 1. The largest absolute Gasteiger partial charge is 0.348 e. The lowest BCUT2D eigenvalue weighted by molar-refractivity contribution is 0.293. The van der Waals surface area contributed by atoms with Crippen LogP contribution in [0.25, 0.3) is 0 Å². The molecule has 1 aliphatic rings. The minimum atomic E-state index is -0.230. The Balaban J connectivity index is 1.68. The Labute approximate surface area is 151 Å². The molecular weight excluding hydrogens is 333 g/mol. The average molecular weight is 351 g/mol. The summed E-state index contributed by atoms with van der Waals surface area (Å²) in [5.74, 6) is -0.230. The number of halogens is 1. The van der Waals surface area contributed by atoms with Crippen molar-refractivity contribution in [3.63, 3.8) is 0 Å². The third-order valence-corrected chi connectivity index (χ3v) is 4.85. The molecule has 0 saturated carbocycles. The summed E-state index contributed by atoms with van der Waals surface area (Å²) in [6, 6.07) is 20.7. The molecule has 1 atom stereocenters. The lowest BCUT2D eigenvalue weighted by Gasteiger charge is -2.39. The van der Waals surface area contributed by atoms with Crippen molar-refractivity contribution in [3.8, 4) is 0 Å².